The van der Waals surface area contributed by atoms with Gasteiger partial charge in [-0.05, 0) is 97.8 Å². The van der Waals surface area contributed by atoms with Crippen molar-refractivity contribution >= 4 is 11.7 Å². The number of hydrogen-bond acceptors (Lipinski definition) is 5. The predicted octanol–water partition coefficient (Wildman–Crippen LogP) is 5.89. The number of carbonyl (C=O) groups excluding carboxylic acids is 1. The highest BCUT2D eigenvalue weighted by molar-refractivity contribution is 5.89. The maximum atomic E-state index is 12.6. The van der Waals surface area contributed by atoms with Gasteiger partial charge in [-0.3, -0.25) is 0 Å². The van der Waals surface area contributed by atoms with Gasteiger partial charge in [0.15, 0.2) is 0 Å². The van der Waals surface area contributed by atoms with Crippen molar-refractivity contribution < 1.29 is 9.53 Å². The van der Waals surface area contributed by atoms with Crippen molar-refractivity contribution in [2.75, 3.05) is 5.73 Å². The van der Waals surface area contributed by atoms with Gasteiger partial charge in [-0.15, -0.1) is 0 Å². The van der Waals surface area contributed by atoms with Crippen LogP contribution >= 0.6 is 0 Å². The highest BCUT2D eigenvalue weighted by atomic mass is 16.5. The predicted molar refractivity (Wildman–Crippen MR) is 121 cm³/mol. The number of carbonyl (C=O) groups is 1. The molecule has 2 N–H and O–H groups in total. The highest BCUT2D eigenvalue weighted by Gasteiger charge is 2.59. The molecule has 1 aromatic rings. The van der Waals surface area contributed by atoms with Gasteiger partial charge in [0, 0.05) is 12.1 Å². The normalized spacial score (nSPS) is 41.4. The van der Waals surface area contributed by atoms with E-state index in [1.807, 2.05) is 0 Å². The van der Waals surface area contributed by atoms with Gasteiger partial charge in [-0.25, -0.2) is 4.79 Å². The summed E-state index contributed by atoms with van der Waals surface area (Å²) < 4.78 is 5.89. The molecule has 4 aliphatic rings. The monoisotopic (exact) mass is 422 g/mol. The second-order valence-corrected chi connectivity index (χ2v) is 10.9. The van der Waals surface area contributed by atoms with E-state index in [4.69, 9.17) is 10.5 Å². The number of hydrogen-bond donors (Lipinski definition) is 1. The Morgan fingerprint density at radius 1 is 1.06 bits per heavy atom. The summed E-state index contributed by atoms with van der Waals surface area (Å²) in [5.41, 5.74) is 8.71. The number of anilines is 1. The third-order valence-corrected chi connectivity index (χ3v) is 9.56. The fourth-order valence-corrected chi connectivity index (χ4v) is 7.71. The van der Waals surface area contributed by atoms with Crippen molar-refractivity contribution in [3.63, 3.8) is 0 Å². The van der Waals surface area contributed by atoms with Gasteiger partial charge in [-0.1, -0.05) is 30.7 Å². The first kappa shape index (κ1) is 20.7. The fourth-order valence-electron chi connectivity index (χ4n) is 7.71. The van der Waals surface area contributed by atoms with Crippen LogP contribution in [0.3, 0.4) is 0 Å². The summed E-state index contributed by atoms with van der Waals surface area (Å²) in [7, 11) is 0. The summed E-state index contributed by atoms with van der Waals surface area (Å²) in [5, 5.41) is 3.53. The number of nitroso groups, excluding NO2 is 1. The first-order chi connectivity index (χ1) is 14.8. The minimum atomic E-state index is -0.255. The smallest absolute Gasteiger partial charge is 0.338 e. The first-order valence-electron chi connectivity index (χ1n) is 11.9. The number of allylic oxidation sites excluding steroid dienone is 1. The Morgan fingerprint density at radius 3 is 2.58 bits per heavy atom. The first-order valence-corrected chi connectivity index (χ1v) is 11.9. The summed E-state index contributed by atoms with van der Waals surface area (Å²) in [6.07, 6.45) is 10.8. The molecule has 4 aliphatic carbocycles. The summed E-state index contributed by atoms with van der Waals surface area (Å²) in [6.45, 7) is 4.77. The quantitative estimate of drug-likeness (QED) is 0.285. The number of nitrogen functional groups attached to an aromatic ring is 1. The van der Waals surface area contributed by atoms with Gasteiger partial charge in [0.2, 0.25) is 0 Å². The molecule has 2 unspecified atom stereocenters. The Bertz CT molecular complexity index is 910. The minimum Gasteiger partial charge on any atom is -0.458 e. The Hall–Kier alpha value is -2.17. The number of benzene rings is 1. The molecule has 7 atom stereocenters. The summed E-state index contributed by atoms with van der Waals surface area (Å²) >= 11 is 0. The molecule has 5 nitrogen and oxygen atoms in total. The van der Waals surface area contributed by atoms with Crippen LogP contribution < -0.4 is 5.73 Å². The van der Waals surface area contributed by atoms with Crippen molar-refractivity contribution in [1.29, 1.82) is 0 Å². The molecule has 3 fully saturated rings. The van der Waals surface area contributed by atoms with Gasteiger partial charge in [0.1, 0.15) is 6.10 Å². The average molecular weight is 423 g/mol. The van der Waals surface area contributed by atoms with E-state index in [0.717, 1.165) is 44.9 Å². The maximum Gasteiger partial charge on any atom is 0.338 e. The Morgan fingerprint density at radius 2 is 1.84 bits per heavy atom. The van der Waals surface area contributed by atoms with E-state index < -0.39 is 0 Å². The molecular weight excluding hydrogens is 388 g/mol. The van der Waals surface area contributed by atoms with Crippen LogP contribution in [0.1, 0.15) is 75.6 Å². The third-order valence-electron chi connectivity index (χ3n) is 9.56. The number of rotatable bonds is 3. The molecule has 0 saturated heterocycles. The molecule has 1 aromatic carbocycles. The second kappa shape index (κ2) is 7.46. The zero-order valence-corrected chi connectivity index (χ0v) is 18.7. The molecular formula is C26H34N2O3. The lowest BCUT2D eigenvalue weighted by Gasteiger charge is -2.57. The number of esters is 1. The lowest BCUT2D eigenvalue weighted by Crippen LogP contribution is -2.51. The number of fused-ring (bicyclic) bond motifs is 5. The van der Waals surface area contributed by atoms with E-state index in [9.17, 15) is 9.70 Å². The number of ether oxygens (including phenoxy) is 1. The lowest BCUT2D eigenvalue weighted by atomic mass is 9.48. The van der Waals surface area contributed by atoms with E-state index in [2.05, 4.69) is 25.1 Å². The topological polar surface area (TPSA) is 81.8 Å². The van der Waals surface area contributed by atoms with Crippen LogP contribution in [0.15, 0.2) is 41.1 Å². The lowest BCUT2D eigenvalue weighted by molar-refractivity contribution is -0.0440. The average Bonchev–Trinajstić information content (AvgIpc) is 3.10. The third kappa shape index (κ3) is 3.23. The maximum absolute atomic E-state index is 12.6. The van der Waals surface area contributed by atoms with Crippen LogP contribution in [0.2, 0.25) is 0 Å². The van der Waals surface area contributed by atoms with Crippen LogP contribution in [0.25, 0.3) is 0 Å². The van der Waals surface area contributed by atoms with Gasteiger partial charge in [0.25, 0.3) is 0 Å². The second-order valence-electron chi connectivity index (χ2n) is 10.9. The zero-order valence-electron chi connectivity index (χ0n) is 18.7. The van der Waals surface area contributed by atoms with Gasteiger partial charge in [0.05, 0.1) is 11.6 Å². The van der Waals surface area contributed by atoms with Crippen molar-refractivity contribution in [2.24, 2.45) is 33.8 Å². The van der Waals surface area contributed by atoms with Crippen LogP contribution in [0.4, 0.5) is 5.69 Å². The van der Waals surface area contributed by atoms with Crippen molar-refractivity contribution in [3.8, 4) is 0 Å². The zero-order chi connectivity index (χ0) is 21.8. The molecule has 3 saturated carbocycles. The van der Waals surface area contributed by atoms with Gasteiger partial charge < -0.3 is 10.5 Å². The number of nitrogens with two attached hydrogens (primary N) is 1. The summed E-state index contributed by atoms with van der Waals surface area (Å²) in [4.78, 5) is 24.0. The fraction of sp³-hybridized carbons (Fsp3) is 0.654. The van der Waals surface area contributed by atoms with Crippen molar-refractivity contribution in [2.45, 2.75) is 77.4 Å². The van der Waals surface area contributed by atoms with Crippen LogP contribution in [-0.2, 0) is 4.74 Å². The minimum absolute atomic E-state index is 0.000109. The van der Waals surface area contributed by atoms with E-state index in [1.165, 1.54) is 12.0 Å². The van der Waals surface area contributed by atoms with Gasteiger partial charge >= 0.3 is 5.97 Å². The molecule has 0 amide bonds. The van der Waals surface area contributed by atoms with E-state index in [1.54, 1.807) is 24.3 Å². The van der Waals surface area contributed by atoms with Crippen LogP contribution in [-0.4, -0.2) is 18.1 Å². The highest BCUT2D eigenvalue weighted by Crippen LogP contribution is 2.65. The van der Waals surface area contributed by atoms with E-state index in [0.29, 0.717) is 29.0 Å². The van der Waals surface area contributed by atoms with Crippen molar-refractivity contribution in [3.05, 3.63) is 46.4 Å². The van der Waals surface area contributed by atoms with Gasteiger partial charge in [-0.2, -0.15) is 4.91 Å². The standard InChI is InChI=1S/C26H34N2O3/c1-25-13-11-19(31-24(29)16-3-6-18(27)7-4-16)15-17(25)5-8-20-21-9-10-23(28-30)26(21,2)14-12-22(20)25/h3-7,19-23H,8-15,27H2,1-2H3/t19?,20-,21-,22+,23?,25-,26-/m0/s1. The molecule has 31 heavy (non-hydrogen) atoms. The summed E-state index contributed by atoms with van der Waals surface area (Å²) in [5.74, 6) is 1.69. The molecule has 166 valence electrons. The largest absolute Gasteiger partial charge is 0.458 e. The molecule has 5 heteroatoms. The molecule has 0 aliphatic heterocycles. The Kier molecular flexibility index (Phi) is 4.98. The molecule has 0 heterocycles. The van der Waals surface area contributed by atoms with E-state index >= 15 is 0 Å². The number of nitrogens with zero attached hydrogens (tertiary/aromatic N) is 1. The molecule has 0 radical (unpaired) electrons. The molecule has 0 bridgehead atoms. The van der Waals surface area contributed by atoms with Crippen molar-refractivity contribution in [1.82, 2.24) is 0 Å². The van der Waals surface area contributed by atoms with Crippen LogP contribution in [0.5, 0.6) is 0 Å². The molecule has 5 rings (SSSR count). The summed E-state index contributed by atoms with van der Waals surface area (Å²) in [6, 6.07) is 6.94. The Labute approximate surface area is 184 Å². The Balaban J connectivity index is 1.31. The van der Waals surface area contributed by atoms with E-state index in [-0.39, 0.29) is 28.9 Å². The molecule has 0 aromatic heterocycles. The molecule has 0 spiro atoms. The van der Waals surface area contributed by atoms with Crippen LogP contribution in [0, 0.1) is 33.5 Å². The SMILES string of the molecule is C[C@]12CCC(OC(=O)c3ccc(N)cc3)CC1=CC[C@@H]1[C@H]2CC[C@]2(C)C(N=O)CC[C@@H]12.